The van der Waals surface area contributed by atoms with Crippen LogP contribution in [-0.4, -0.2) is 24.0 Å². The first-order valence-corrected chi connectivity index (χ1v) is 7.02. The van der Waals surface area contributed by atoms with E-state index in [1.54, 1.807) is 30.5 Å². The van der Waals surface area contributed by atoms with E-state index in [1.807, 2.05) is 6.07 Å². The maximum Gasteiger partial charge on any atom is 0.253 e. The lowest BCUT2D eigenvalue weighted by Gasteiger charge is -2.08. The van der Waals surface area contributed by atoms with E-state index in [0.717, 1.165) is 5.69 Å². The number of hydrogen-bond donors (Lipinski definition) is 2. The smallest absolute Gasteiger partial charge is 0.253 e. The first-order valence-electron chi connectivity index (χ1n) is 7.02. The van der Waals surface area contributed by atoms with Crippen LogP contribution in [0, 0.1) is 5.82 Å². The Balaban J connectivity index is 1.92. The summed E-state index contributed by atoms with van der Waals surface area (Å²) in [5.41, 5.74) is 1.85. The third-order valence-electron chi connectivity index (χ3n) is 3.09. The predicted molar refractivity (Wildman–Crippen MR) is 85.4 cm³/mol. The van der Waals surface area contributed by atoms with E-state index in [1.165, 1.54) is 12.3 Å². The zero-order valence-corrected chi connectivity index (χ0v) is 12.2. The first kappa shape index (κ1) is 15.7. The van der Waals surface area contributed by atoms with E-state index in [0.29, 0.717) is 30.6 Å². The molecule has 5 heteroatoms. The van der Waals surface area contributed by atoms with Gasteiger partial charge in [-0.05, 0) is 24.1 Å². The van der Waals surface area contributed by atoms with E-state index in [9.17, 15) is 9.18 Å². The molecule has 0 aliphatic carbocycles. The van der Waals surface area contributed by atoms with Crippen LogP contribution in [0.2, 0.25) is 0 Å². The van der Waals surface area contributed by atoms with Gasteiger partial charge >= 0.3 is 0 Å². The van der Waals surface area contributed by atoms with Gasteiger partial charge in [-0.2, -0.15) is 0 Å². The minimum atomic E-state index is -0.208. The Bertz CT molecular complexity index is 658. The molecule has 0 spiro atoms. The molecule has 22 heavy (non-hydrogen) atoms. The molecule has 0 fully saturated rings. The summed E-state index contributed by atoms with van der Waals surface area (Å²) in [6.07, 6.45) is 5.30. The highest BCUT2D eigenvalue weighted by molar-refractivity contribution is 5.94. The van der Waals surface area contributed by atoms with Crippen molar-refractivity contribution in [3.63, 3.8) is 0 Å². The minimum Gasteiger partial charge on any atom is -0.383 e. The molecule has 0 bridgehead atoms. The molecule has 1 heterocycles. The molecule has 0 aliphatic heterocycles. The first-order chi connectivity index (χ1) is 10.7. The SMILES string of the molecule is C=CCNC(=O)c1cncc(NCCc2ccccc2F)c1. The molecule has 0 aliphatic rings. The van der Waals surface area contributed by atoms with Crippen LogP contribution in [0.5, 0.6) is 0 Å². The number of hydrogen-bond acceptors (Lipinski definition) is 3. The van der Waals surface area contributed by atoms with Crippen LogP contribution in [0.1, 0.15) is 15.9 Å². The molecule has 0 radical (unpaired) electrons. The number of nitrogens with one attached hydrogen (secondary N) is 2. The van der Waals surface area contributed by atoms with E-state index in [2.05, 4.69) is 22.2 Å². The monoisotopic (exact) mass is 299 g/mol. The number of halogens is 1. The molecule has 0 saturated carbocycles. The van der Waals surface area contributed by atoms with Crippen LogP contribution in [0.4, 0.5) is 10.1 Å². The average Bonchev–Trinajstić information content (AvgIpc) is 2.54. The maximum atomic E-state index is 13.5. The van der Waals surface area contributed by atoms with Gasteiger partial charge in [-0.3, -0.25) is 9.78 Å². The lowest BCUT2D eigenvalue weighted by atomic mass is 10.1. The Kier molecular flexibility index (Phi) is 5.65. The number of carbonyl (C=O) groups excluding carboxylic acids is 1. The Morgan fingerprint density at radius 2 is 2.14 bits per heavy atom. The molecule has 0 saturated heterocycles. The second kappa shape index (κ2) is 7.93. The van der Waals surface area contributed by atoms with Crippen molar-refractivity contribution in [1.82, 2.24) is 10.3 Å². The zero-order chi connectivity index (χ0) is 15.8. The molecular weight excluding hydrogens is 281 g/mol. The summed E-state index contributed by atoms with van der Waals surface area (Å²) < 4.78 is 13.5. The van der Waals surface area contributed by atoms with Gasteiger partial charge in [-0.25, -0.2) is 4.39 Å². The summed E-state index contributed by atoms with van der Waals surface area (Å²) in [4.78, 5) is 15.9. The molecular formula is C17H18FN3O. The highest BCUT2D eigenvalue weighted by atomic mass is 19.1. The van der Waals surface area contributed by atoms with Gasteiger partial charge in [-0.15, -0.1) is 6.58 Å². The van der Waals surface area contributed by atoms with Crippen LogP contribution < -0.4 is 10.6 Å². The minimum absolute atomic E-state index is 0.204. The van der Waals surface area contributed by atoms with Crippen molar-refractivity contribution in [1.29, 1.82) is 0 Å². The largest absolute Gasteiger partial charge is 0.383 e. The van der Waals surface area contributed by atoms with Gasteiger partial charge in [0.2, 0.25) is 0 Å². The van der Waals surface area contributed by atoms with Crippen molar-refractivity contribution < 1.29 is 9.18 Å². The van der Waals surface area contributed by atoms with Gasteiger partial charge in [0.25, 0.3) is 5.91 Å². The summed E-state index contributed by atoms with van der Waals surface area (Å²) in [6.45, 7) is 4.51. The highest BCUT2D eigenvalue weighted by Crippen LogP contribution is 2.10. The molecule has 114 valence electrons. The third-order valence-corrected chi connectivity index (χ3v) is 3.09. The van der Waals surface area contributed by atoms with Crippen molar-refractivity contribution in [2.24, 2.45) is 0 Å². The Morgan fingerprint density at radius 3 is 2.91 bits per heavy atom. The summed E-state index contributed by atoms with van der Waals surface area (Å²) in [5, 5.41) is 5.83. The van der Waals surface area contributed by atoms with E-state index in [-0.39, 0.29) is 11.7 Å². The highest BCUT2D eigenvalue weighted by Gasteiger charge is 2.06. The number of aromatic nitrogens is 1. The van der Waals surface area contributed by atoms with Gasteiger partial charge in [0.15, 0.2) is 0 Å². The van der Waals surface area contributed by atoms with Crippen molar-refractivity contribution in [2.75, 3.05) is 18.4 Å². The summed E-state index contributed by atoms with van der Waals surface area (Å²) in [7, 11) is 0. The number of anilines is 1. The topological polar surface area (TPSA) is 54.0 Å². The third kappa shape index (κ3) is 4.41. The van der Waals surface area contributed by atoms with Crippen molar-refractivity contribution in [3.05, 3.63) is 72.3 Å². The Labute approximate surface area is 129 Å². The van der Waals surface area contributed by atoms with E-state index < -0.39 is 0 Å². The number of pyridine rings is 1. The van der Waals surface area contributed by atoms with Crippen LogP contribution >= 0.6 is 0 Å². The molecule has 2 aromatic rings. The average molecular weight is 299 g/mol. The summed E-state index contributed by atoms with van der Waals surface area (Å²) in [5.74, 6) is -0.412. The van der Waals surface area contributed by atoms with Gasteiger partial charge < -0.3 is 10.6 Å². The number of carbonyl (C=O) groups is 1. The lowest BCUT2D eigenvalue weighted by Crippen LogP contribution is -2.23. The molecule has 0 unspecified atom stereocenters. The second-order valence-corrected chi connectivity index (χ2v) is 4.73. The van der Waals surface area contributed by atoms with E-state index >= 15 is 0 Å². The fourth-order valence-electron chi connectivity index (χ4n) is 1.97. The van der Waals surface area contributed by atoms with Gasteiger partial charge in [0, 0.05) is 25.5 Å². The number of nitrogens with zero attached hydrogens (tertiary/aromatic N) is 1. The summed E-state index contributed by atoms with van der Waals surface area (Å²) in [6, 6.07) is 8.40. The van der Waals surface area contributed by atoms with E-state index in [4.69, 9.17) is 0 Å². The molecule has 1 aromatic heterocycles. The van der Waals surface area contributed by atoms with Gasteiger partial charge in [-0.1, -0.05) is 24.3 Å². The summed E-state index contributed by atoms with van der Waals surface area (Å²) >= 11 is 0. The van der Waals surface area contributed by atoms with Crippen LogP contribution in [0.25, 0.3) is 0 Å². The number of benzene rings is 1. The molecule has 1 aromatic carbocycles. The van der Waals surface area contributed by atoms with Crippen molar-refractivity contribution in [3.8, 4) is 0 Å². The number of amides is 1. The molecule has 4 nitrogen and oxygen atoms in total. The quantitative estimate of drug-likeness (QED) is 0.773. The van der Waals surface area contributed by atoms with Crippen molar-refractivity contribution in [2.45, 2.75) is 6.42 Å². The Morgan fingerprint density at radius 1 is 1.32 bits per heavy atom. The normalized spacial score (nSPS) is 10.0. The van der Waals surface area contributed by atoms with Crippen LogP contribution in [-0.2, 0) is 6.42 Å². The Hall–Kier alpha value is -2.69. The fraction of sp³-hybridized carbons (Fsp3) is 0.176. The van der Waals surface area contributed by atoms with Crippen LogP contribution in [0.3, 0.4) is 0 Å². The van der Waals surface area contributed by atoms with Crippen LogP contribution in [0.15, 0.2) is 55.4 Å². The predicted octanol–water partition coefficient (Wildman–Crippen LogP) is 2.79. The van der Waals surface area contributed by atoms with Gasteiger partial charge in [0.1, 0.15) is 5.82 Å². The zero-order valence-electron chi connectivity index (χ0n) is 12.2. The fourth-order valence-corrected chi connectivity index (χ4v) is 1.97. The standard InChI is InChI=1S/C17H18FN3O/c1-2-8-21-17(22)14-10-15(12-19-11-14)20-9-7-13-5-3-4-6-16(13)18/h2-6,10-12,20H,1,7-9H2,(H,21,22). The molecule has 0 atom stereocenters. The molecule has 1 amide bonds. The molecule has 2 rings (SSSR count). The maximum absolute atomic E-state index is 13.5. The number of rotatable bonds is 7. The lowest BCUT2D eigenvalue weighted by molar-refractivity contribution is 0.0957. The van der Waals surface area contributed by atoms with Crippen molar-refractivity contribution >= 4 is 11.6 Å². The van der Waals surface area contributed by atoms with Gasteiger partial charge in [0.05, 0.1) is 11.3 Å². The molecule has 2 N–H and O–H groups in total. The second-order valence-electron chi connectivity index (χ2n) is 4.73.